The van der Waals surface area contributed by atoms with Gasteiger partial charge in [0.25, 0.3) is 0 Å². The summed E-state index contributed by atoms with van der Waals surface area (Å²) >= 11 is 0. The van der Waals surface area contributed by atoms with Crippen molar-refractivity contribution in [1.29, 1.82) is 0 Å². The summed E-state index contributed by atoms with van der Waals surface area (Å²) in [7, 11) is 0. The van der Waals surface area contributed by atoms with Gasteiger partial charge in [-0.05, 0) is 36.5 Å². The van der Waals surface area contributed by atoms with Gasteiger partial charge in [-0.3, -0.25) is 9.59 Å². The molecule has 0 aromatic heterocycles. The van der Waals surface area contributed by atoms with E-state index >= 15 is 0 Å². The van der Waals surface area contributed by atoms with Gasteiger partial charge in [0.2, 0.25) is 11.8 Å². The molecule has 1 N–H and O–H groups in total. The lowest BCUT2D eigenvalue weighted by Gasteiger charge is -2.33. The third-order valence-corrected chi connectivity index (χ3v) is 6.89. The second-order valence-electron chi connectivity index (χ2n) is 9.72. The van der Waals surface area contributed by atoms with Crippen molar-refractivity contribution in [3.8, 4) is 0 Å². The monoisotopic (exact) mass is 468 g/mol. The summed E-state index contributed by atoms with van der Waals surface area (Å²) in [6, 6.07) is 27.7. The van der Waals surface area contributed by atoms with Crippen LogP contribution < -0.4 is 5.32 Å². The van der Waals surface area contributed by atoms with Crippen LogP contribution in [0.5, 0.6) is 0 Å². The standard InChI is InChI=1S/C31H36N2O2/c1-24-17-19-26(20-18-24)22-30(34)33(23-27-13-7-3-8-14-27)29(21-25-11-5-2-6-12-25)31(35)32-28-15-9-4-10-16-28/h2-3,5-8,11-14,17-20,28-29H,4,9-10,15-16,21-23H2,1H3,(H,32,35). The van der Waals surface area contributed by atoms with Crippen LogP contribution in [0.3, 0.4) is 0 Å². The van der Waals surface area contributed by atoms with E-state index in [2.05, 4.69) is 5.32 Å². The van der Waals surface area contributed by atoms with Gasteiger partial charge in [-0.15, -0.1) is 0 Å². The van der Waals surface area contributed by atoms with Crippen LogP contribution in [0.15, 0.2) is 84.9 Å². The molecule has 35 heavy (non-hydrogen) atoms. The van der Waals surface area contributed by atoms with Gasteiger partial charge in [0, 0.05) is 19.0 Å². The van der Waals surface area contributed by atoms with Crippen molar-refractivity contribution in [3.05, 3.63) is 107 Å². The van der Waals surface area contributed by atoms with Crippen LogP contribution in [0, 0.1) is 6.92 Å². The average Bonchev–Trinajstić information content (AvgIpc) is 2.89. The summed E-state index contributed by atoms with van der Waals surface area (Å²) < 4.78 is 0. The summed E-state index contributed by atoms with van der Waals surface area (Å²) in [6.45, 7) is 2.44. The zero-order chi connectivity index (χ0) is 24.5. The summed E-state index contributed by atoms with van der Waals surface area (Å²) in [4.78, 5) is 29.3. The van der Waals surface area contributed by atoms with Gasteiger partial charge in [-0.25, -0.2) is 0 Å². The van der Waals surface area contributed by atoms with Crippen molar-refractivity contribution in [2.75, 3.05) is 0 Å². The molecule has 1 atom stereocenters. The molecular formula is C31H36N2O2. The SMILES string of the molecule is Cc1ccc(CC(=O)N(Cc2ccccc2)C(Cc2ccccc2)C(=O)NC2CCCCC2)cc1. The van der Waals surface area contributed by atoms with Crippen LogP contribution >= 0.6 is 0 Å². The Balaban J connectivity index is 1.63. The Hall–Kier alpha value is -3.40. The van der Waals surface area contributed by atoms with Crippen LogP contribution in [0.4, 0.5) is 0 Å². The fourth-order valence-electron chi connectivity index (χ4n) is 4.86. The largest absolute Gasteiger partial charge is 0.352 e. The highest BCUT2D eigenvalue weighted by Crippen LogP contribution is 2.20. The summed E-state index contributed by atoms with van der Waals surface area (Å²) in [5.74, 6) is -0.0774. The maximum absolute atomic E-state index is 13.8. The molecule has 0 aliphatic heterocycles. The first kappa shape index (κ1) is 24.7. The third-order valence-electron chi connectivity index (χ3n) is 6.89. The van der Waals surface area contributed by atoms with Crippen molar-refractivity contribution in [2.45, 2.75) is 70.5 Å². The van der Waals surface area contributed by atoms with Crippen LogP contribution in [0.25, 0.3) is 0 Å². The van der Waals surface area contributed by atoms with Gasteiger partial charge in [0.15, 0.2) is 0 Å². The van der Waals surface area contributed by atoms with E-state index in [9.17, 15) is 9.59 Å². The van der Waals surface area contributed by atoms with Gasteiger partial charge in [0.05, 0.1) is 6.42 Å². The Labute approximate surface area is 209 Å². The number of hydrogen-bond donors (Lipinski definition) is 1. The number of amides is 2. The van der Waals surface area contributed by atoms with Crippen molar-refractivity contribution in [3.63, 3.8) is 0 Å². The van der Waals surface area contributed by atoms with Crippen molar-refractivity contribution in [1.82, 2.24) is 10.2 Å². The number of carbonyl (C=O) groups is 2. The van der Waals surface area contributed by atoms with Crippen LogP contribution in [-0.2, 0) is 29.0 Å². The van der Waals surface area contributed by atoms with Crippen molar-refractivity contribution >= 4 is 11.8 Å². The normalized spacial score (nSPS) is 14.8. The lowest BCUT2D eigenvalue weighted by molar-refractivity contribution is -0.141. The average molecular weight is 469 g/mol. The second-order valence-corrected chi connectivity index (χ2v) is 9.72. The first-order chi connectivity index (χ1) is 17.1. The van der Waals surface area contributed by atoms with Gasteiger partial charge in [-0.1, -0.05) is 110 Å². The Morgan fingerprint density at radius 1 is 0.800 bits per heavy atom. The predicted molar refractivity (Wildman–Crippen MR) is 141 cm³/mol. The van der Waals surface area contributed by atoms with E-state index < -0.39 is 6.04 Å². The van der Waals surface area contributed by atoms with Gasteiger partial charge >= 0.3 is 0 Å². The molecule has 1 unspecified atom stereocenters. The number of aryl methyl sites for hydroxylation is 1. The van der Waals surface area contributed by atoms with Crippen molar-refractivity contribution < 1.29 is 9.59 Å². The van der Waals surface area contributed by atoms with Crippen LogP contribution in [0.1, 0.15) is 54.4 Å². The molecule has 1 aliphatic rings. The molecule has 3 aromatic rings. The minimum Gasteiger partial charge on any atom is -0.352 e. The molecule has 1 fully saturated rings. The number of rotatable bonds is 9. The first-order valence-corrected chi connectivity index (χ1v) is 12.8. The van der Waals surface area contributed by atoms with Gasteiger partial charge in [-0.2, -0.15) is 0 Å². The van der Waals surface area contributed by atoms with Crippen LogP contribution in [0.2, 0.25) is 0 Å². The maximum atomic E-state index is 13.8. The van der Waals surface area contributed by atoms with E-state index in [1.165, 1.54) is 6.42 Å². The molecule has 1 saturated carbocycles. The predicted octanol–water partition coefficient (Wildman–Crippen LogP) is 5.63. The molecule has 4 nitrogen and oxygen atoms in total. The summed E-state index contributed by atoms with van der Waals surface area (Å²) in [6.07, 6.45) is 6.32. The van der Waals surface area contributed by atoms with E-state index in [1.807, 2.05) is 91.9 Å². The second kappa shape index (κ2) is 12.3. The Morgan fingerprint density at radius 3 is 2.03 bits per heavy atom. The molecule has 4 rings (SSSR count). The number of carbonyl (C=O) groups excluding carboxylic acids is 2. The molecule has 0 spiro atoms. The molecule has 3 aromatic carbocycles. The molecule has 0 saturated heterocycles. The van der Waals surface area contributed by atoms with E-state index in [0.717, 1.165) is 47.9 Å². The molecule has 1 aliphatic carbocycles. The molecule has 0 radical (unpaired) electrons. The van der Waals surface area contributed by atoms with Gasteiger partial charge < -0.3 is 10.2 Å². The third kappa shape index (κ3) is 7.29. The summed E-state index contributed by atoms with van der Waals surface area (Å²) in [5.41, 5.74) is 4.20. The topological polar surface area (TPSA) is 49.4 Å². The molecule has 0 bridgehead atoms. The number of nitrogens with zero attached hydrogens (tertiary/aromatic N) is 1. The maximum Gasteiger partial charge on any atom is 0.243 e. The minimum atomic E-state index is -0.572. The molecule has 4 heteroatoms. The Bertz CT molecular complexity index is 1070. The fourth-order valence-corrected chi connectivity index (χ4v) is 4.86. The van der Waals surface area contributed by atoms with Crippen molar-refractivity contribution in [2.24, 2.45) is 0 Å². The smallest absolute Gasteiger partial charge is 0.243 e. The quantitative estimate of drug-likeness (QED) is 0.443. The number of hydrogen-bond acceptors (Lipinski definition) is 2. The van der Waals surface area contributed by atoms with E-state index in [4.69, 9.17) is 0 Å². The first-order valence-electron chi connectivity index (χ1n) is 12.8. The van der Waals surface area contributed by atoms with Gasteiger partial charge in [0.1, 0.15) is 6.04 Å². The highest BCUT2D eigenvalue weighted by Gasteiger charge is 2.31. The molecule has 0 heterocycles. The fraction of sp³-hybridized carbons (Fsp3) is 0.355. The lowest BCUT2D eigenvalue weighted by atomic mass is 9.94. The van der Waals surface area contributed by atoms with E-state index in [1.54, 1.807) is 4.90 Å². The minimum absolute atomic E-state index is 0.0302. The Morgan fingerprint density at radius 2 is 1.40 bits per heavy atom. The highest BCUT2D eigenvalue weighted by molar-refractivity contribution is 5.89. The van der Waals surface area contributed by atoms with Crippen LogP contribution in [-0.4, -0.2) is 28.8 Å². The number of nitrogens with one attached hydrogen (secondary N) is 1. The zero-order valence-corrected chi connectivity index (χ0v) is 20.7. The lowest BCUT2D eigenvalue weighted by Crippen LogP contribution is -2.53. The Kier molecular flexibility index (Phi) is 8.72. The van der Waals surface area contributed by atoms with E-state index in [0.29, 0.717) is 13.0 Å². The molecule has 2 amide bonds. The summed E-state index contributed by atoms with van der Waals surface area (Å²) in [5, 5.41) is 3.30. The molecule has 182 valence electrons. The highest BCUT2D eigenvalue weighted by atomic mass is 16.2. The molecular weight excluding hydrogens is 432 g/mol. The van der Waals surface area contributed by atoms with E-state index in [-0.39, 0.29) is 24.3 Å². The zero-order valence-electron chi connectivity index (χ0n) is 20.7. The number of benzene rings is 3.